The number of rotatable bonds is 7. The van der Waals surface area contributed by atoms with Gasteiger partial charge in [-0.15, -0.1) is 0 Å². The maximum absolute atomic E-state index is 14.4. The first-order valence-electron chi connectivity index (χ1n) is 11.0. The van der Waals surface area contributed by atoms with Crippen LogP contribution in [-0.4, -0.2) is 67.5 Å². The van der Waals surface area contributed by atoms with Crippen molar-refractivity contribution in [1.82, 2.24) is 14.7 Å². The number of hydrogen-bond acceptors (Lipinski definition) is 5. The average Bonchev–Trinajstić information content (AvgIpc) is 3.21. The van der Waals surface area contributed by atoms with E-state index in [-0.39, 0.29) is 5.82 Å². The van der Waals surface area contributed by atoms with Crippen LogP contribution < -0.4 is 9.64 Å². The molecule has 0 saturated carbocycles. The Bertz CT molecular complexity index is 818. The van der Waals surface area contributed by atoms with Crippen molar-refractivity contribution in [2.75, 3.05) is 51.7 Å². The van der Waals surface area contributed by atoms with Crippen molar-refractivity contribution in [3.05, 3.63) is 59.9 Å². The van der Waals surface area contributed by atoms with Crippen molar-refractivity contribution in [1.29, 1.82) is 0 Å². The lowest BCUT2D eigenvalue weighted by molar-refractivity contribution is 0.0616. The van der Waals surface area contributed by atoms with E-state index in [1.54, 1.807) is 12.1 Å². The molecule has 2 heterocycles. The normalized spacial score (nSPS) is 21.3. The summed E-state index contributed by atoms with van der Waals surface area (Å²) in [7, 11) is 1.50. The van der Waals surface area contributed by atoms with Crippen molar-refractivity contribution in [2.45, 2.75) is 32.4 Å². The van der Waals surface area contributed by atoms with Gasteiger partial charge in [0.05, 0.1) is 27.1 Å². The van der Waals surface area contributed by atoms with Crippen LogP contribution in [0.4, 0.5) is 10.1 Å². The molecule has 2 fully saturated rings. The molecule has 2 saturated heterocycles. The number of anilines is 1. The van der Waals surface area contributed by atoms with Crippen LogP contribution in [0.2, 0.25) is 0 Å². The molecule has 2 aromatic rings. The third-order valence-electron chi connectivity index (χ3n) is 6.27. The molecular formula is C24H33FN4O. The number of likely N-dealkylation sites (N-methyl/N-ethyl adjacent to an activating group) is 1. The summed E-state index contributed by atoms with van der Waals surface area (Å²) in [5.74, 6) is -0.0204. The first-order valence-corrected chi connectivity index (χ1v) is 11.0. The molecule has 0 bridgehead atoms. The van der Waals surface area contributed by atoms with Crippen LogP contribution in [0.15, 0.2) is 48.5 Å². The average molecular weight is 413 g/mol. The Kier molecular flexibility index (Phi) is 6.87. The van der Waals surface area contributed by atoms with E-state index in [0.717, 1.165) is 45.3 Å². The minimum absolute atomic E-state index is 0.290. The predicted molar refractivity (Wildman–Crippen MR) is 119 cm³/mol. The second-order valence-corrected chi connectivity index (χ2v) is 8.38. The predicted octanol–water partition coefficient (Wildman–Crippen LogP) is 3.82. The summed E-state index contributed by atoms with van der Waals surface area (Å²) < 4.78 is 19.5. The first kappa shape index (κ1) is 21.1. The number of halogens is 1. The van der Waals surface area contributed by atoms with Gasteiger partial charge in [-0.05, 0) is 43.6 Å². The maximum atomic E-state index is 14.4. The molecule has 0 N–H and O–H groups in total. The fourth-order valence-electron chi connectivity index (χ4n) is 4.79. The van der Waals surface area contributed by atoms with Crippen LogP contribution >= 0.6 is 0 Å². The highest BCUT2D eigenvalue weighted by atomic mass is 19.1. The molecule has 5 nitrogen and oxygen atoms in total. The molecule has 2 aliphatic heterocycles. The quantitative estimate of drug-likeness (QED) is 0.688. The van der Waals surface area contributed by atoms with E-state index in [4.69, 9.17) is 4.74 Å². The van der Waals surface area contributed by atoms with Crippen LogP contribution in [0, 0.1) is 5.82 Å². The molecule has 0 aromatic heterocycles. The second kappa shape index (κ2) is 9.77. The van der Waals surface area contributed by atoms with Crippen LogP contribution in [0.1, 0.15) is 25.3 Å². The van der Waals surface area contributed by atoms with Crippen molar-refractivity contribution in [3.8, 4) is 5.75 Å². The summed E-state index contributed by atoms with van der Waals surface area (Å²) >= 11 is 0. The number of nitrogens with zero attached hydrogens (tertiary/aromatic N) is 4. The van der Waals surface area contributed by atoms with Crippen molar-refractivity contribution in [3.63, 3.8) is 0 Å². The van der Waals surface area contributed by atoms with Crippen LogP contribution in [0.25, 0.3) is 0 Å². The Labute approximate surface area is 179 Å². The summed E-state index contributed by atoms with van der Waals surface area (Å²) in [6, 6.07) is 16.5. The lowest BCUT2D eigenvalue weighted by Gasteiger charge is -2.45. The molecule has 0 aliphatic carbocycles. The van der Waals surface area contributed by atoms with Gasteiger partial charge in [0.15, 0.2) is 11.6 Å². The van der Waals surface area contributed by atoms with Crippen molar-refractivity contribution >= 4 is 5.69 Å². The van der Waals surface area contributed by atoms with Gasteiger partial charge >= 0.3 is 0 Å². The molecule has 2 aliphatic rings. The second-order valence-electron chi connectivity index (χ2n) is 8.38. The molecular weight excluding hydrogens is 379 g/mol. The van der Waals surface area contributed by atoms with Gasteiger partial charge in [0.25, 0.3) is 0 Å². The minimum Gasteiger partial charge on any atom is -0.494 e. The number of likely N-dealkylation sites (tertiary alicyclic amines) is 1. The molecule has 162 valence electrons. The largest absolute Gasteiger partial charge is 0.494 e. The van der Waals surface area contributed by atoms with E-state index in [9.17, 15) is 4.39 Å². The van der Waals surface area contributed by atoms with Crippen molar-refractivity contribution in [2.24, 2.45) is 0 Å². The zero-order valence-corrected chi connectivity index (χ0v) is 18.1. The molecule has 0 amide bonds. The maximum Gasteiger partial charge on any atom is 0.167 e. The Morgan fingerprint density at radius 1 is 1.03 bits per heavy atom. The lowest BCUT2D eigenvalue weighted by Crippen LogP contribution is -2.57. The Morgan fingerprint density at radius 3 is 2.57 bits per heavy atom. The highest BCUT2D eigenvalue weighted by molar-refractivity contribution is 5.50. The lowest BCUT2D eigenvalue weighted by atomic mass is 10.2. The highest BCUT2D eigenvalue weighted by Crippen LogP contribution is 2.27. The SMILES string of the molecule is CCN1CCCC1CN1CN(Cc2ccccc2)CN(c2ccc(OC)c(F)c2)C1. The van der Waals surface area contributed by atoms with Crippen molar-refractivity contribution < 1.29 is 9.13 Å². The summed E-state index contributed by atoms with van der Waals surface area (Å²) in [5, 5.41) is 0. The smallest absolute Gasteiger partial charge is 0.167 e. The summed E-state index contributed by atoms with van der Waals surface area (Å²) in [6.45, 7) is 9.02. The summed E-state index contributed by atoms with van der Waals surface area (Å²) in [5.41, 5.74) is 2.20. The van der Waals surface area contributed by atoms with Gasteiger partial charge < -0.3 is 9.64 Å². The van der Waals surface area contributed by atoms with E-state index < -0.39 is 0 Å². The third-order valence-corrected chi connectivity index (χ3v) is 6.27. The fourth-order valence-corrected chi connectivity index (χ4v) is 4.79. The van der Waals surface area contributed by atoms with Crippen LogP contribution in [0.3, 0.4) is 0 Å². The van der Waals surface area contributed by atoms with E-state index >= 15 is 0 Å². The van der Waals surface area contributed by atoms with Gasteiger partial charge in [0.2, 0.25) is 0 Å². The molecule has 1 atom stereocenters. The molecule has 4 rings (SSSR count). The topological polar surface area (TPSA) is 22.2 Å². The standard InChI is InChI=1S/C24H33FN4O/c1-3-28-13-7-10-22(28)16-27-17-26(15-20-8-5-4-6-9-20)18-29(19-27)21-11-12-24(30-2)23(25)14-21/h4-6,8-9,11-12,14,22H,3,7,10,13,15-19H2,1-2H3. The van der Waals surface area contributed by atoms with E-state index in [1.807, 2.05) is 6.07 Å². The van der Waals surface area contributed by atoms with Gasteiger partial charge in [-0.3, -0.25) is 14.7 Å². The first-order chi connectivity index (χ1) is 14.7. The number of ether oxygens (including phenoxy) is 1. The molecule has 1 unspecified atom stereocenters. The zero-order valence-electron chi connectivity index (χ0n) is 18.1. The Balaban J connectivity index is 1.52. The van der Waals surface area contributed by atoms with E-state index in [2.05, 4.69) is 56.9 Å². The third kappa shape index (κ3) is 4.94. The Morgan fingerprint density at radius 2 is 1.83 bits per heavy atom. The summed E-state index contributed by atoms with van der Waals surface area (Å²) in [4.78, 5) is 9.80. The van der Waals surface area contributed by atoms with E-state index in [0.29, 0.717) is 11.8 Å². The molecule has 2 aromatic carbocycles. The number of methoxy groups -OCH3 is 1. The van der Waals surface area contributed by atoms with E-state index in [1.165, 1.54) is 32.1 Å². The molecule has 0 radical (unpaired) electrons. The Hall–Kier alpha value is -2.15. The molecule has 0 spiro atoms. The van der Waals surface area contributed by atoms with Gasteiger partial charge in [-0.2, -0.15) is 0 Å². The van der Waals surface area contributed by atoms with Gasteiger partial charge in [0, 0.05) is 30.9 Å². The minimum atomic E-state index is -0.310. The molecule has 30 heavy (non-hydrogen) atoms. The van der Waals surface area contributed by atoms with Crippen LogP contribution in [0.5, 0.6) is 5.75 Å². The zero-order chi connectivity index (χ0) is 20.9. The van der Waals surface area contributed by atoms with Gasteiger partial charge in [-0.25, -0.2) is 4.39 Å². The van der Waals surface area contributed by atoms with Gasteiger partial charge in [-0.1, -0.05) is 37.3 Å². The summed E-state index contributed by atoms with van der Waals surface area (Å²) in [6.07, 6.45) is 2.55. The van der Waals surface area contributed by atoms with Crippen LogP contribution in [-0.2, 0) is 6.54 Å². The molecule has 6 heteroatoms. The number of benzene rings is 2. The fraction of sp³-hybridized carbons (Fsp3) is 0.500. The van der Waals surface area contributed by atoms with Gasteiger partial charge in [0.1, 0.15) is 0 Å². The monoisotopic (exact) mass is 412 g/mol. The number of hydrogen-bond donors (Lipinski definition) is 0. The highest BCUT2D eigenvalue weighted by Gasteiger charge is 2.30.